The van der Waals surface area contributed by atoms with Gasteiger partial charge in [-0.05, 0) is 28.0 Å². The summed E-state index contributed by atoms with van der Waals surface area (Å²) in [7, 11) is 0. The number of nitro groups is 1. The molecule has 0 heterocycles. The Morgan fingerprint density at radius 1 is 1.21 bits per heavy atom. The fraction of sp³-hybridized carbons (Fsp3) is 0.0667. The van der Waals surface area contributed by atoms with E-state index in [0.717, 1.165) is 16.3 Å². The molecule has 96 valence electrons. The van der Waals surface area contributed by atoms with Crippen LogP contribution in [0.5, 0.6) is 0 Å². The predicted octanol–water partition coefficient (Wildman–Crippen LogP) is 4.33. The molecule has 0 saturated carbocycles. The van der Waals surface area contributed by atoms with E-state index in [-0.39, 0.29) is 10.6 Å². The van der Waals surface area contributed by atoms with Gasteiger partial charge in [0.25, 0.3) is 5.70 Å². The minimum Gasteiger partial charge on any atom is -0.258 e. The molecule has 0 spiro atoms. The van der Waals surface area contributed by atoms with Crippen molar-refractivity contribution in [1.82, 2.24) is 0 Å². The summed E-state index contributed by atoms with van der Waals surface area (Å²) in [4.78, 5) is 10.7. The van der Waals surface area contributed by atoms with Crippen molar-refractivity contribution in [3.05, 3.63) is 75.3 Å². The van der Waals surface area contributed by atoms with Crippen LogP contribution in [0.3, 0.4) is 0 Å². The normalized spacial score (nSPS) is 12.2. The van der Waals surface area contributed by atoms with E-state index in [0.29, 0.717) is 0 Å². The molecule has 0 radical (unpaired) electrons. The Bertz CT molecular complexity index is 657. The predicted molar refractivity (Wildman–Crippen MR) is 81.6 cm³/mol. The van der Waals surface area contributed by atoms with Crippen LogP contribution in [0.1, 0.15) is 5.56 Å². The van der Waals surface area contributed by atoms with Crippen LogP contribution in [-0.2, 0) is 0 Å². The number of hydrogen-bond acceptors (Lipinski definition) is 3. The lowest BCUT2D eigenvalue weighted by atomic mass is 10.0. The second-order valence-corrected chi connectivity index (χ2v) is 4.68. The first-order chi connectivity index (χ1) is 9.22. The van der Waals surface area contributed by atoms with E-state index in [1.54, 1.807) is 11.5 Å². The van der Waals surface area contributed by atoms with Gasteiger partial charge < -0.3 is 0 Å². The van der Waals surface area contributed by atoms with Crippen molar-refractivity contribution in [2.75, 3.05) is 6.26 Å². The molecule has 3 nitrogen and oxygen atoms in total. The van der Waals surface area contributed by atoms with E-state index in [4.69, 9.17) is 0 Å². The number of allylic oxidation sites excluding steroid dienone is 1. The smallest absolute Gasteiger partial charge is 0.258 e. The largest absolute Gasteiger partial charge is 0.270 e. The van der Waals surface area contributed by atoms with Gasteiger partial charge in [0.05, 0.1) is 4.92 Å². The first-order valence-electron chi connectivity index (χ1n) is 5.75. The number of hydrogen-bond donors (Lipinski definition) is 0. The van der Waals surface area contributed by atoms with E-state index < -0.39 is 0 Å². The molecule has 0 aliphatic rings. The molecule has 0 aliphatic heterocycles. The van der Waals surface area contributed by atoms with Gasteiger partial charge in [0.1, 0.15) is 0 Å². The molecule has 0 aliphatic carbocycles. The van der Waals surface area contributed by atoms with Crippen LogP contribution in [0, 0.1) is 10.1 Å². The van der Waals surface area contributed by atoms with Gasteiger partial charge in [-0.25, -0.2) is 0 Å². The van der Waals surface area contributed by atoms with Gasteiger partial charge in [0, 0.05) is 12.2 Å². The highest BCUT2D eigenvalue weighted by Crippen LogP contribution is 2.21. The molecule has 4 heteroatoms. The van der Waals surface area contributed by atoms with Gasteiger partial charge >= 0.3 is 0 Å². The van der Waals surface area contributed by atoms with Crippen molar-refractivity contribution >= 4 is 28.6 Å². The van der Waals surface area contributed by atoms with Crippen LogP contribution in [0.4, 0.5) is 0 Å². The lowest BCUT2D eigenvalue weighted by Crippen LogP contribution is -1.95. The van der Waals surface area contributed by atoms with Crippen molar-refractivity contribution in [2.24, 2.45) is 0 Å². The third-order valence-corrected chi connectivity index (χ3v) is 3.12. The molecule has 0 atom stereocenters. The van der Waals surface area contributed by atoms with E-state index in [1.165, 1.54) is 17.8 Å². The Balaban J connectivity index is 2.54. The Kier molecular flexibility index (Phi) is 4.36. The Morgan fingerprint density at radius 3 is 2.68 bits per heavy atom. The first kappa shape index (κ1) is 13.4. The zero-order chi connectivity index (χ0) is 13.7. The van der Waals surface area contributed by atoms with Crippen LogP contribution >= 0.6 is 11.8 Å². The molecule has 0 aromatic heterocycles. The number of fused-ring (bicyclic) bond motifs is 1. The molecule has 0 unspecified atom stereocenters. The zero-order valence-electron chi connectivity index (χ0n) is 10.4. The highest BCUT2D eigenvalue weighted by Gasteiger charge is 2.07. The fourth-order valence-corrected chi connectivity index (χ4v) is 2.11. The van der Waals surface area contributed by atoms with E-state index in [2.05, 4.69) is 0 Å². The zero-order valence-corrected chi connectivity index (χ0v) is 11.3. The summed E-state index contributed by atoms with van der Waals surface area (Å²) in [6.07, 6.45) is 4.99. The standard InChI is InChI=1S/C15H13NO2S/c1-19-10-9-14(16(17)18)11-13-7-4-6-12-5-2-3-8-15(12)13/h2-11H,1H3/b10-9-,14-11+. The second kappa shape index (κ2) is 6.20. The number of thioether (sulfide) groups is 1. The summed E-state index contributed by atoms with van der Waals surface area (Å²) in [5.41, 5.74) is 0.946. The highest BCUT2D eigenvalue weighted by molar-refractivity contribution is 8.01. The molecule has 0 amide bonds. The van der Waals surface area contributed by atoms with Gasteiger partial charge in [-0.1, -0.05) is 42.5 Å². The van der Waals surface area contributed by atoms with E-state index in [1.807, 2.05) is 48.7 Å². The van der Waals surface area contributed by atoms with Crippen LogP contribution in [0.2, 0.25) is 0 Å². The minimum atomic E-state index is -0.367. The van der Waals surface area contributed by atoms with Gasteiger partial charge in [-0.15, -0.1) is 11.8 Å². The molecule has 0 bridgehead atoms. The average molecular weight is 271 g/mol. The maximum absolute atomic E-state index is 11.0. The molecule has 19 heavy (non-hydrogen) atoms. The summed E-state index contributed by atoms with van der Waals surface area (Å²) in [6.45, 7) is 0. The molecular formula is C15H13NO2S. The lowest BCUT2D eigenvalue weighted by molar-refractivity contribution is -0.417. The summed E-state index contributed by atoms with van der Waals surface area (Å²) in [5.74, 6) is 0. The first-order valence-corrected chi connectivity index (χ1v) is 7.04. The minimum absolute atomic E-state index is 0.0886. The summed E-state index contributed by atoms with van der Waals surface area (Å²) in [5, 5.41) is 14.8. The third kappa shape index (κ3) is 3.23. The van der Waals surface area contributed by atoms with E-state index >= 15 is 0 Å². The maximum atomic E-state index is 11.0. The molecule has 0 saturated heterocycles. The molecular weight excluding hydrogens is 258 g/mol. The summed E-state index contributed by atoms with van der Waals surface area (Å²) < 4.78 is 0. The van der Waals surface area contributed by atoms with Crippen LogP contribution in [0.25, 0.3) is 16.8 Å². The topological polar surface area (TPSA) is 43.1 Å². The number of rotatable bonds is 4. The second-order valence-electron chi connectivity index (χ2n) is 3.93. The quantitative estimate of drug-likeness (QED) is 0.472. The SMILES string of the molecule is CS/C=C\C(=C/c1cccc2ccccc12)[N+](=O)[O-]. The third-order valence-electron chi connectivity index (χ3n) is 2.71. The average Bonchev–Trinajstić information content (AvgIpc) is 2.43. The molecule has 2 rings (SSSR count). The molecule has 2 aromatic carbocycles. The number of nitrogens with zero attached hydrogens (tertiary/aromatic N) is 1. The van der Waals surface area contributed by atoms with Crippen molar-refractivity contribution < 1.29 is 4.92 Å². The molecule has 2 aromatic rings. The Morgan fingerprint density at radius 2 is 1.95 bits per heavy atom. The van der Waals surface area contributed by atoms with Crippen molar-refractivity contribution in [3.8, 4) is 0 Å². The van der Waals surface area contributed by atoms with Crippen molar-refractivity contribution in [2.45, 2.75) is 0 Å². The maximum Gasteiger partial charge on any atom is 0.270 e. The molecule has 0 fully saturated rings. The molecule has 0 N–H and O–H groups in total. The summed E-state index contributed by atoms with van der Waals surface area (Å²) in [6, 6.07) is 13.6. The van der Waals surface area contributed by atoms with Crippen molar-refractivity contribution in [3.63, 3.8) is 0 Å². The Labute approximate surface area is 115 Å². The highest BCUT2D eigenvalue weighted by atomic mass is 32.2. The van der Waals surface area contributed by atoms with E-state index in [9.17, 15) is 10.1 Å². The lowest BCUT2D eigenvalue weighted by Gasteiger charge is -2.01. The monoisotopic (exact) mass is 271 g/mol. The summed E-state index contributed by atoms with van der Waals surface area (Å²) >= 11 is 1.44. The van der Waals surface area contributed by atoms with Gasteiger partial charge in [-0.2, -0.15) is 0 Å². The van der Waals surface area contributed by atoms with Crippen LogP contribution in [-0.4, -0.2) is 11.2 Å². The van der Waals surface area contributed by atoms with Gasteiger partial charge in [0.2, 0.25) is 0 Å². The van der Waals surface area contributed by atoms with Crippen molar-refractivity contribution in [1.29, 1.82) is 0 Å². The van der Waals surface area contributed by atoms with Gasteiger partial charge in [-0.3, -0.25) is 10.1 Å². The Hall–Kier alpha value is -2.07. The van der Waals surface area contributed by atoms with Crippen LogP contribution < -0.4 is 0 Å². The van der Waals surface area contributed by atoms with Crippen LogP contribution in [0.15, 0.2) is 59.6 Å². The fourth-order valence-electron chi connectivity index (χ4n) is 1.84. The van der Waals surface area contributed by atoms with Gasteiger partial charge in [0.15, 0.2) is 0 Å². The number of benzene rings is 2.